The first-order valence-electron chi connectivity index (χ1n) is 6.35. The van der Waals surface area contributed by atoms with Crippen LogP contribution in [0.2, 0.25) is 0 Å². The molecule has 0 amide bonds. The van der Waals surface area contributed by atoms with Crippen LogP contribution in [-0.4, -0.2) is 5.78 Å². The Bertz CT molecular complexity index is 404. The molecule has 2 aliphatic rings. The lowest BCUT2D eigenvalue weighted by Gasteiger charge is -2.22. The zero-order valence-electron chi connectivity index (χ0n) is 9.78. The largest absolute Gasteiger partial charge is 0.295 e. The predicted octanol–water partition coefficient (Wildman–Crippen LogP) is 3.79. The van der Waals surface area contributed by atoms with Crippen LogP contribution in [-0.2, 0) is 0 Å². The lowest BCUT2D eigenvalue weighted by Crippen LogP contribution is -2.08. The normalized spacial score (nSPS) is 31.9. The van der Waals surface area contributed by atoms with E-state index in [4.69, 9.17) is 0 Å². The van der Waals surface area contributed by atoms with Crippen LogP contribution in [0.3, 0.4) is 0 Å². The van der Waals surface area contributed by atoms with Crippen LogP contribution in [0, 0.1) is 11.8 Å². The third-order valence-corrected chi connectivity index (χ3v) is 4.48. The minimum atomic E-state index is 0.166. The maximum Gasteiger partial charge on any atom is 0.159 e. The second-order valence-corrected chi connectivity index (χ2v) is 5.46. The summed E-state index contributed by atoms with van der Waals surface area (Å²) in [6, 6.07) is 8.32. The molecule has 3 atom stereocenters. The Morgan fingerprint density at radius 2 is 1.88 bits per heavy atom. The fourth-order valence-corrected chi connectivity index (χ4v) is 3.62. The molecule has 2 aliphatic carbocycles. The SMILES string of the molecule is CC(=O)c1ccc([C@H]2C[C@H]3CC[C@@H]2C3)cc1. The first-order valence-corrected chi connectivity index (χ1v) is 6.35. The Labute approximate surface area is 96.9 Å². The molecule has 0 aliphatic heterocycles. The summed E-state index contributed by atoms with van der Waals surface area (Å²) in [5.41, 5.74) is 2.30. The minimum Gasteiger partial charge on any atom is -0.295 e. The van der Waals surface area contributed by atoms with Gasteiger partial charge in [0.1, 0.15) is 0 Å². The first-order chi connectivity index (χ1) is 7.74. The molecule has 0 spiro atoms. The molecule has 1 heteroatoms. The van der Waals surface area contributed by atoms with E-state index in [0.29, 0.717) is 0 Å². The maximum absolute atomic E-state index is 11.2. The van der Waals surface area contributed by atoms with E-state index in [-0.39, 0.29) is 5.78 Å². The van der Waals surface area contributed by atoms with Gasteiger partial charge >= 0.3 is 0 Å². The van der Waals surface area contributed by atoms with Gasteiger partial charge in [-0.25, -0.2) is 0 Å². The third-order valence-electron chi connectivity index (χ3n) is 4.48. The number of ketones is 1. The number of Topliss-reactive ketones (excluding diaryl/α,β-unsaturated/α-hetero) is 1. The molecule has 16 heavy (non-hydrogen) atoms. The molecule has 0 saturated heterocycles. The van der Waals surface area contributed by atoms with Gasteiger partial charge in [0, 0.05) is 5.56 Å². The maximum atomic E-state index is 11.2. The highest BCUT2D eigenvalue weighted by atomic mass is 16.1. The highest BCUT2D eigenvalue weighted by molar-refractivity contribution is 5.94. The van der Waals surface area contributed by atoms with Crippen molar-refractivity contribution < 1.29 is 4.79 Å². The van der Waals surface area contributed by atoms with Gasteiger partial charge in [0.05, 0.1) is 0 Å². The summed E-state index contributed by atoms with van der Waals surface area (Å²) >= 11 is 0. The second-order valence-electron chi connectivity index (χ2n) is 5.46. The van der Waals surface area contributed by atoms with Crippen LogP contribution >= 0.6 is 0 Å². The molecular weight excluding hydrogens is 196 g/mol. The highest BCUT2D eigenvalue weighted by Gasteiger charge is 2.39. The van der Waals surface area contributed by atoms with E-state index in [0.717, 1.165) is 23.3 Å². The van der Waals surface area contributed by atoms with Crippen molar-refractivity contribution in [2.45, 2.75) is 38.5 Å². The molecule has 0 radical (unpaired) electrons. The first kappa shape index (κ1) is 10.1. The molecule has 1 aromatic carbocycles. The van der Waals surface area contributed by atoms with Crippen molar-refractivity contribution in [3.8, 4) is 0 Å². The van der Waals surface area contributed by atoms with Gasteiger partial charge in [-0.3, -0.25) is 4.79 Å². The molecule has 0 aromatic heterocycles. The Morgan fingerprint density at radius 1 is 1.12 bits per heavy atom. The van der Waals surface area contributed by atoms with Gasteiger partial charge in [0.25, 0.3) is 0 Å². The summed E-state index contributed by atoms with van der Waals surface area (Å²) in [5.74, 6) is 2.86. The van der Waals surface area contributed by atoms with E-state index < -0.39 is 0 Å². The summed E-state index contributed by atoms with van der Waals surface area (Å²) in [6.07, 6.45) is 5.69. The summed E-state index contributed by atoms with van der Waals surface area (Å²) in [4.78, 5) is 11.2. The molecule has 2 saturated carbocycles. The molecular formula is C15H18O. The van der Waals surface area contributed by atoms with Crippen LogP contribution < -0.4 is 0 Å². The molecule has 2 fully saturated rings. The summed E-state index contributed by atoms with van der Waals surface area (Å²) < 4.78 is 0. The Morgan fingerprint density at radius 3 is 2.38 bits per heavy atom. The van der Waals surface area contributed by atoms with Gasteiger partial charge in [-0.1, -0.05) is 30.7 Å². The number of benzene rings is 1. The van der Waals surface area contributed by atoms with Gasteiger partial charge in [-0.05, 0) is 49.5 Å². The number of fused-ring (bicyclic) bond motifs is 2. The van der Waals surface area contributed by atoms with E-state index in [1.807, 2.05) is 12.1 Å². The second kappa shape index (κ2) is 3.73. The zero-order chi connectivity index (χ0) is 11.1. The Kier molecular flexibility index (Phi) is 2.34. The smallest absolute Gasteiger partial charge is 0.159 e. The number of rotatable bonds is 2. The van der Waals surface area contributed by atoms with Crippen molar-refractivity contribution in [3.63, 3.8) is 0 Å². The average Bonchev–Trinajstić information content (AvgIpc) is 2.91. The van der Waals surface area contributed by atoms with Crippen molar-refractivity contribution in [2.75, 3.05) is 0 Å². The number of carbonyl (C=O) groups excluding carboxylic acids is 1. The van der Waals surface area contributed by atoms with Crippen molar-refractivity contribution in [3.05, 3.63) is 35.4 Å². The lowest BCUT2D eigenvalue weighted by atomic mass is 9.83. The minimum absolute atomic E-state index is 0.166. The van der Waals surface area contributed by atoms with Crippen molar-refractivity contribution in [1.82, 2.24) is 0 Å². The van der Waals surface area contributed by atoms with Crippen molar-refractivity contribution in [1.29, 1.82) is 0 Å². The number of hydrogen-bond donors (Lipinski definition) is 0. The lowest BCUT2D eigenvalue weighted by molar-refractivity contribution is 0.101. The number of hydrogen-bond acceptors (Lipinski definition) is 1. The standard InChI is InChI=1S/C15H18O/c1-10(16)12-4-6-13(7-5-12)15-9-11-2-3-14(15)8-11/h4-7,11,14-15H,2-3,8-9H2,1H3/t11-,14+,15+/m0/s1. The molecule has 0 N–H and O–H groups in total. The highest BCUT2D eigenvalue weighted by Crippen LogP contribution is 2.52. The summed E-state index contributed by atoms with van der Waals surface area (Å²) in [5, 5.41) is 0. The fraction of sp³-hybridized carbons (Fsp3) is 0.533. The summed E-state index contributed by atoms with van der Waals surface area (Å²) in [7, 11) is 0. The van der Waals surface area contributed by atoms with Gasteiger partial charge < -0.3 is 0 Å². The van der Waals surface area contributed by atoms with Crippen LogP contribution in [0.4, 0.5) is 0 Å². The van der Waals surface area contributed by atoms with Crippen LogP contribution in [0.15, 0.2) is 24.3 Å². The quantitative estimate of drug-likeness (QED) is 0.684. The molecule has 0 heterocycles. The molecule has 2 bridgehead atoms. The van der Waals surface area contributed by atoms with Crippen LogP contribution in [0.1, 0.15) is 54.4 Å². The van der Waals surface area contributed by atoms with E-state index >= 15 is 0 Å². The molecule has 84 valence electrons. The van der Waals surface area contributed by atoms with Gasteiger partial charge in [0.15, 0.2) is 5.78 Å². The molecule has 1 nitrogen and oxygen atoms in total. The predicted molar refractivity (Wildman–Crippen MR) is 64.6 cm³/mol. The van der Waals surface area contributed by atoms with Gasteiger partial charge in [-0.2, -0.15) is 0 Å². The Balaban J connectivity index is 1.82. The average molecular weight is 214 g/mol. The van der Waals surface area contributed by atoms with E-state index in [2.05, 4.69) is 12.1 Å². The number of carbonyl (C=O) groups is 1. The van der Waals surface area contributed by atoms with E-state index in [9.17, 15) is 4.79 Å². The Hall–Kier alpha value is -1.11. The van der Waals surface area contributed by atoms with Crippen LogP contribution in [0.5, 0.6) is 0 Å². The molecule has 1 aromatic rings. The monoisotopic (exact) mass is 214 g/mol. The van der Waals surface area contributed by atoms with Gasteiger partial charge in [-0.15, -0.1) is 0 Å². The van der Waals surface area contributed by atoms with Gasteiger partial charge in [0.2, 0.25) is 0 Å². The van der Waals surface area contributed by atoms with Crippen molar-refractivity contribution >= 4 is 5.78 Å². The molecule has 0 unspecified atom stereocenters. The zero-order valence-corrected chi connectivity index (χ0v) is 9.78. The van der Waals surface area contributed by atoms with E-state index in [1.165, 1.54) is 31.2 Å². The fourth-order valence-electron chi connectivity index (χ4n) is 3.62. The summed E-state index contributed by atoms with van der Waals surface area (Å²) in [6.45, 7) is 1.63. The van der Waals surface area contributed by atoms with Crippen LogP contribution in [0.25, 0.3) is 0 Å². The third kappa shape index (κ3) is 1.59. The van der Waals surface area contributed by atoms with E-state index in [1.54, 1.807) is 6.92 Å². The molecule has 3 rings (SSSR count). The topological polar surface area (TPSA) is 17.1 Å². The van der Waals surface area contributed by atoms with Crippen molar-refractivity contribution in [2.24, 2.45) is 11.8 Å².